The fourth-order valence-corrected chi connectivity index (χ4v) is 3.09. The quantitative estimate of drug-likeness (QED) is 0.504. The van der Waals surface area contributed by atoms with E-state index < -0.39 is 0 Å². The average Bonchev–Trinajstić information content (AvgIpc) is 2.74. The number of hydrogen-bond acceptors (Lipinski definition) is 5. The first-order valence-electron chi connectivity index (χ1n) is 8.89. The molecule has 8 heteroatoms. The van der Waals surface area contributed by atoms with E-state index in [0.717, 1.165) is 18.5 Å². The average molecular weight is 432 g/mol. The Hall–Kier alpha value is -2.83. The molecule has 0 saturated carbocycles. The molecule has 0 aliphatic rings. The lowest BCUT2D eigenvalue weighted by Crippen LogP contribution is -2.13. The van der Waals surface area contributed by atoms with Gasteiger partial charge in [0.1, 0.15) is 0 Å². The Kier molecular flexibility index (Phi) is 7.27. The molecular formula is C21H19Cl2N3O3. The van der Waals surface area contributed by atoms with E-state index in [4.69, 9.17) is 32.7 Å². The van der Waals surface area contributed by atoms with Crippen molar-refractivity contribution in [2.45, 2.75) is 12.8 Å². The highest BCUT2D eigenvalue weighted by molar-refractivity contribution is 6.39. The van der Waals surface area contributed by atoms with Gasteiger partial charge in [0.05, 0.1) is 29.4 Å². The van der Waals surface area contributed by atoms with Crippen molar-refractivity contribution in [1.82, 2.24) is 9.97 Å². The first kappa shape index (κ1) is 20.9. The van der Waals surface area contributed by atoms with Crippen molar-refractivity contribution in [2.75, 3.05) is 19.0 Å². The molecule has 2 heterocycles. The number of amides is 1. The van der Waals surface area contributed by atoms with E-state index >= 15 is 0 Å². The van der Waals surface area contributed by atoms with Gasteiger partial charge in [0, 0.05) is 29.8 Å². The van der Waals surface area contributed by atoms with E-state index in [-0.39, 0.29) is 16.0 Å². The summed E-state index contributed by atoms with van der Waals surface area (Å²) < 4.78 is 11.2. The smallest absolute Gasteiger partial charge is 0.255 e. The number of ether oxygens (including phenoxy) is 2. The largest absolute Gasteiger partial charge is 0.493 e. The molecule has 0 unspecified atom stereocenters. The third kappa shape index (κ3) is 5.59. The molecule has 0 radical (unpaired) electrons. The SMILES string of the molecule is COc1ccc(C(=O)Nc2c(Cl)cncc2Cl)cc1OCCCc1ccccn1. The number of halogens is 2. The van der Waals surface area contributed by atoms with E-state index in [0.29, 0.717) is 29.4 Å². The molecule has 150 valence electrons. The molecule has 0 bridgehead atoms. The second-order valence-electron chi connectivity index (χ2n) is 6.07. The lowest BCUT2D eigenvalue weighted by molar-refractivity contribution is 0.102. The molecule has 0 saturated heterocycles. The molecule has 1 amide bonds. The van der Waals surface area contributed by atoms with Crippen LogP contribution in [0.1, 0.15) is 22.5 Å². The number of benzene rings is 1. The molecule has 29 heavy (non-hydrogen) atoms. The van der Waals surface area contributed by atoms with Crippen LogP contribution in [-0.4, -0.2) is 29.6 Å². The van der Waals surface area contributed by atoms with Gasteiger partial charge in [-0.25, -0.2) is 0 Å². The number of hydrogen-bond donors (Lipinski definition) is 1. The zero-order chi connectivity index (χ0) is 20.6. The number of carbonyl (C=O) groups excluding carboxylic acids is 1. The molecule has 3 rings (SSSR count). The minimum atomic E-state index is -0.374. The van der Waals surface area contributed by atoms with Crippen LogP contribution in [0.3, 0.4) is 0 Å². The van der Waals surface area contributed by atoms with Crippen LogP contribution in [0.25, 0.3) is 0 Å². The number of rotatable bonds is 8. The van der Waals surface area contributed by atoms with E-state index in [9.17, 15) is 4.79 Å². The van der Waals surface area contributed by atoms with Crippen molar-refractivity contribution in [3.8, 4) is 11.5 Å². The van der Waals surface area contributed by atoms with Crippen molar-refractivity contribution in [3.63, 3.8) is 0 Å². The van der Waals surface area contributed by atoms with Crippen LogP contribution in [0, 0.1) is 0 Å². The van der Waals surface area contributed by atoms with Gasteiger partial charge in [-0.2, -0.15) is 0 Å². The van der Waals surface area contributed by atoms with Crippen LogP contribution in [0.5, 0.6) is 11.5 Å². The molecule has 0 aliphatic heterocycles. The third-order valence-electron chi connectivity index (χ3n) is 4.08. The van der Waals surface area contributed by atoms with Crippen molar-refractivity contribution in [1.29, 1.82) is 0 Å². The van der Waals surface area contributed by atoms with Crippen molar-refractivity contribution in [2.24, 2.45) is 0 Å². The van der Waals surface area contributed by atoms with Crippen LogP contribution < -0.4 is 14.8 Å². The molecule has 0 atom stereocenters. The van der Waals surface area contributed by atoms with E-state index in [1.807, 2.05) is 18.2 Å². The number of nitrogens with zero attached hydrogens (tertiary/aromatic N) is 2. The Bertz CT molecular complexity index is 964. The van der Waals surface area contributed by atoms with Gasteiger partial charge < -0.3 is 14.8 Å². The number of nitrogens with one attached hydrogen (secondary N) is 1. The standard InChI is InChI=1S/C21H19Cl2N3O3/c1-28-18-8-7-14(21(27)26-20-16(22)12-24-13-17(20)23)11-19(18)29-10-4-6-15-5-2-3-9-25-15/h2-3,5,7-9,11-13H,4,6,10H2,1H3,(H,24,26,27). The Morgan fingerprint density at radius 3 is 2.59 bits per heavy atom. The van der Waals surface area contributed by atoms with Crippen molar-refractivity contribution < 1.29 is 14.3 Å². The Labute approximate surface area is 178 Å². The van der Waals surface area contributed by atoms with Gasteiger partial charge in [0.2, 0.25) is 0 Å². The molecular weight excluding hydrogens is 413 g/mol. The van der Waals surface area contributed by atoms with Gasteiger partial charge in [-0.05, 0) is 43.2 Å². The predicted octanol–water partition coefficient (Wildman–Crippen LogP) is 5.06. The third-order valence-corrected chi connectivity index (χ3v) is 4.65. The lowest BCUT2D eigenvalue weighted by atomic mass is 10.2. The van der Waals surface area contributed by atoms with Gasteiger partial charge >= 0.3 is 0 Å². The van der Waals surface area contributed by atoms with Crippen LogP contribution in [0.2, 0.25) is 10.0 Å². The van der Waals surface area contributed by atoms with E-state index in [2.05, 4.69) is 15.3 Å². The zero-order valence-electron chi connectivity index (χ0n) is 15.7. The van der Waals surface area contributed by atoms with Crippen molar-refractivity contribution in [3.05, 3.63) is 76.3 Å². The summed E-state index contributed by atoms with van der Waals surface area (Å²) in [5.74, 6) is 0.647. The lowest BCUT2D eigenvalue weighted by Gasteiger charge is -2.13. The monoisotopic (exact) mass is 431 g/mol. The number of aryl methyl sites for hydroxylation is 1. The second-order valence-corrected chi connectivity index (χ2v) is 6.89. The molecule has 2 aromatic heterocycles. The van der Waals surface area contributed by atoms with Crippen LogP contribution in [0.15, 0.2) is 55.0 Å². The van der Waals surface area contributed by atoms with Gasteiger partial charge in [-0.3, -0.25) is 14.8 Å². The molecule has 6 nitrogen and oxygen atoms in total. The first-order chi connectivity index (χ1) is 14.1. The number of aromatic nitrogens is 2. The summed E-state index contributed by atoms with van der Waals surface area (Å²) in [7, 11) is 1.55. The van der Waals surface area contributed by atoms with Gasteiger partial charge in [0.15, 0.2) is 11.5 Å². The normalized spacial score (nSPS) is 10.4. The highest BCUT2D eigenvalue weighted by Gasteiger charge is 2.15. The molecule has 3 aromatic rings. The summed E-state index contributed by atoms with van der Waals surface area (Å²) in [5, 5.41) is 3.21. The van der Waals surface area contributed by atoms with Gasteiger partial charge in [-0.1, -0.05) is 29.3 Å². The fourth-order valence-electron chi connectivity index (χ4n) is 2.63. The zero-order valence-corrected chi connectivity index (χ0v) is 17.2. The summed E-state index contributed by atoms with van der Waals surface area (Å²) >= 11 is 12.1. The minimum Gasteiger partial charge on any atom is -0.493 e. The summed E-state index contributed by atoms with van der Waals surface area (Å²) in [4.78, 5) is 20.8. The summed E-state index contributed by atoms with van der Waals surface area (Å²) in [6, 6.07) is 10.7. The van der Waals surface area contributed by atoms with E-state index in [1.165, 1.54) is 12.4 Å². The maximum atomic E-state index is 12.6. The summed E-state index contributed by atoms with van der Waals surface area (Å²) in [6.07, 6.45) is 6.16. The predicted molar refractivity (Wildman–Crippen MR) is 113 cm³/mol. The minimum absolute atomic E-state index is 0.255. The second kappa shape index (κ2) is 10.1. The summed E-state index contributed by atoms with van der Waals surface area (Å²) in [5.41, 5.74) is 1.69. The first-order valence-corrected chi connectivity index (χ1v) is 9.65. The summed E-state index contributed by atoms with van der Waals surface area (Å²) in [6.45, 7) is 0.458. The topological polar surface area (TPSA) is 73.3 Å². The Morgan fingerprint density at radius 2 is 1.90 bits per heavy atom. The number of methoxy groups -OCH3 is 1. The van der Waals surface area contributed by atoms with Crippen molar-refractivity contribution >= 4 is 34.8 Å². The van der Waals surface area contributed by atoms with E-state index in [1.54, 1.807) is 31.5 Å². The van der Waals surface area contributed by atoms with Crippen LogP contribution in [-0.2, 0) is 6.42 Å². The maximum absolute atomic E-state index is 12.6. The molecule has 0 spiro atoms. The molecule has 1 N–H and O–H groups in total. The molecule has 1 aromatic carbocycles. The Balaban J connectivity index is 1.67. The highest BCUT2D eigenvalue weighted by Crippen LogP contribution is 2.31. The molecule has 0 fully saturated rings. The molecule has 0 aliphatic carbocycles. The Morgan fingerprint density at radius 1 is 1.10 bits per heavy atom. The number of anilines is 1. The maximum Gasteiger partial charge on any atom is 0.255 e. The van der Waals surface area contributed by atoms with Gasteiger partial charge in [-0.15, -0.1) is 0 Å². The van der Waals surface area contributed by atoms with Crippen LogP contribution in [0.4, 0.5) is 5.69 Å². The number of carbonyl (C=O) groups is 1. The number of pyridine rings is 2. The van der Waals surface area contributed by atoms with Gasteiger partial charge in [0.25, 0.3) is 5.91 Å². The highest BCUT2D eigenvalue weighted by atomic mass is 35.5. The van der Waals surface area contributed by atoms with Crippen LogP contribution >= 0.6 is 23.2 Å². The fraction of sp³-hybridized carbons (Fsp3) is 0.190.